The molecule has 0 amide bonds. The van der Waals surface area contributed by atoms with Crippen LogP contribution in [0, 0.1) is 17.3 Å². The van der Waals surface area contributed by atoms with E-state index in [2.05, 4.69) is 19.9 Å². The van der Waals surface area contributed by atoms with Crippen LogP contribution in [0.4, 0.5) is 0 Å². The van der Waals surface area contributed by atoms with E-state index in [1.807, 2.05) is 0 Å². The number of fused-ring (bicyclic) bond motifs is 2. The van der Waals surface area contributed by atoms with Crippen LogP contribution >= 0.6 is 0 Å². The molecular weight excluding hydrogens is 188 g/mol. The first-order valence-electron chi connectivity index (χ1n) is 5.85. The van der Waals surface area contributed by atoms with Crippen LogP contribution in [0.2, 0.25) is 0 Å². The highest BCUT2D eigenvalue weighted by Crippen LogP contribution is 2.58. The Morgan fingerprint density at radius 2 is 2.27 bits per heavy atom. The Kier molecular flexibility index (Phi) is 2.61. The minimum absolute atomic E-state index is 0.187. The van der Waals surface area contributed by atoms with E-state index in [0.717, 1.165) is 11.8 Å². The molecule has 2 unspecified atom stereocenters. The highest BCUT2D eigenvalue weighted by molar-refractivity contribution is 5.66. The van der Waals surface area contributed by atoms with E-state index < -0.39 is 0 Å². The monoisotopic (exact) mass is 208 g/mol. The maximum Gasteiger partial charge on any atom is 0.302 e. The zero-order valence-electron chi connectivity index (χ0n) is 9.88. The summed E-state index contributed by atoms with van der Waals surface area (Å²) < 4.78 is 4.99. The summed E-state index contributed by atoms with van der Waals surface area (Å²) >= 11 is 0. The van der Waals surface area contributed by atoms with E-state index in [1.165, 1.54) is 31.8 Å². The lowest BCUT2D eigenvalue weighted by Crippen LogP contribution is -2.23. The van der Waals surface area contributed by atoms with Gasteiger partial charge in [0.25, 0.3) is 0 Å². The minimum atomic E-state index is -0.187. The van der Waals surface area contributed by atoms with Crippen molar-refractivity contribution in [2.75, 3.05) is 6.61 Å². The van der Waals surface area contributed by atoms with Crippen molar-refractivity contribution < 1.29 is 9.53 Å². The van der Waals surface area contributed by atoms with Crippen molar-refractivity contribution in [1.82, 2.24) is 0 Å². The van der Waals surface area contributed by atoms with Gasteiger partial charge in [0.05, 0.1) is 0 Å². The highest BCUT2D eigenvalue weighted by atomic mass is 16.5. The van der Waals surface area contributed by atoms with Gasteiger partial charge in [-0.15, -0.1) is 0 Å². The van der Waals surface area contributed by atoms with Gasteiger partial charge in [-0.1, -0.05) is 19.4 Å². The van der Waals surface area contributed by atoms with Gasteiger partial charge >= 0.3 is 5.97 Å². The molecule has 2 heteroatoms. The minimum Gasteiger partial charge on any atom is -0.462 e. The molecule has 0 N–H and O–H groups in total. The molecule has 0 heterocycles. The predicted molar refractivity (Wildman–Crippen MR) is 59.3 cm³/mol. The van der Waals surface area contributed by atoms with Gasteiger partial charge in [-0.25, -0.2) is 0 Å². The van der Waals surface area contributed by atoms with Crippen LogP contribution in [0.5, 0.6) is 0 Å². The number of ether oxygens (including phenoxy) is 1. The van der Waals surface area contributed by atoms with Crippen molar-refractivity contribution in [3.63, 3.8) is 0 Å². The molecule has 84 valence electrons. The Balaban J connectivity index is 2.05. The van der Waals surface area contributed by atoms with Crippen LogP contribution in [-0.2, 0) is 9.53 Å². The molecule has 0 aromatic rings. The third kappa shape index (κ3) is 1.82. The largest absolute Gasteiger partial charge is 0.462 e. The fraction of sp³-hybridized carbons (Fsp3) is 0.769. The summed E-state index contributed by atoms with van der Waals surface area (Å²) in [5.74, 6) is 1.43. The summed E-state index contributed by atoms with van der Waals surface area (Å²) in [6.45, 7) is 6.58. The molecule has 0 aromatic carbocycles. The van der Waals surface area contributed by atoms with Crippen LogP contribution in [0.25, 0.3) is 0 Å². The highest BCUT2D eigenvalue weighted by Gasteiger charge is 2.48. The first kappa shape index (κ1) is 10.7. The number of rotatable bonds is 2. The molecule has 2 aliphatic carbocycles. The third-order valence-electron chi connectivity index (χ3n) is 4.23. The van der Waals surface area contributed by atoms with Crippen molar-refractivity contribution in [3.05, 3.63) is 11.6 Å². The normalized spacial score (nSPS) is 34.7. The van der Waals surface area contributed by atoms with E-state index in [9.17, 15) is 4.79 Å². The van der Waals surface area contributed by atoms with Crippen molar-refractivity contribution in [1.29, 1.82) is 0 Å². The van der Waals surface area contributed by atoms with Gasteiger partial charge in [0, 0.05) is 6.92 Å². The molecule has 0 saturated heterocycles. The lowest BCUT2D eigenvalue weighted by Gasteiger charge is -2.32. The Bertz CT molecular complexity index is 302. The zero-order valence-corrected chi connectivity index (χ0v) is 9.88. The van der Waals surface area contributed by atoms with E-state index in [-0.39, 0.29) is 5.97 Å². The second kappa shape index (κ2) is 3.66. The van der Waals surface area contributed by atoms with E-state index in [0.29, 0.717) is 12.0 Å². The second-order valence-corrected chi connectivity index (χ2v) is 5.39. The van der Waals surface area contributed by atoms with Crippen LogP contribution in [-0.4, -0.2) is 12.6 Å². The predicted octanol–water partition coefficient (Wildman–Crippen LogP) is 2.93. The Morgan fingerprint density at radius 1 is 1.53 bits per heavy atom. The molecular formula is C13H20O2. The molecule has 2 bridgehead atoms. The lowest BCUT2D eigenvalue weighted by molar-refractivity contribution is -0.139. The van der Waals surface area contributed by atoms with Crippen molar-refractivity contribution in [3.8, 4) is 0 Å². The number of esters is 1. The van der Waals surface area contributed by atoms with Gasteiger partial charge < -0.3 is 4.74 Å². The first-order valence-corrected chi connectivity index (χ1v) is 5.85. The Morgan fingerprint density at radius 3 is 2.80 bits per heavy atom. The Hall–Kier alpha value is -0.790. The third-order valence-corrected chi connectivity index (χ3v) is 4.23. The number of carbonyl (C=O) groups is 1. The molecule has 15 heavy (non-hydrogen) atoms. The average Bonchev–Trinajstić information content (AvgIpc) is 2.66. The van der Waals surface area contributed by atoms with E-state index in [4.69, 9.17) is 4.74 Å². The molecule has 2 rings (SSSR count). The SMILES string of the molecule is CC(=O)OC/C=C1/C2CCC(C2)C1(C)C. The first-order chi connectivity index (χ1) is 7.01. The average molecular weight is 208 g/mol. The Labute approximate surface area is 91.7 Å². The van der Waals surface area contributed by atoms with Gasteiger partial charge in [0.1, 0.15) is 6.61 Å². The summed E-state index contributed by atoms with van der Waals surface area (Å²) in [6, 6.07) is 0. The number of hydrogen-bond donors (Lipinski definition) is 0. The standard InChI is InChI=1S/C13H20O2/c1-9(14)15-7-6-12-10-4-5-11(8-10)13(12,2)3/h6,10-11H,4-5,7-8H2,1-3H3/b12-6-. The molecule has 0 aliphatic heterocycles. The number of carbonyl (C=O) groups excluding carboxylic acids is 1. The van der Waals surface area contributed by atoms with Gasteiger partial charge in [-0.2, -0.15) is 0 Å². The molecule has 2 atom stereocenters. The van der Waals surface area contributed by atoms with Gasteiger partial charge in [0.15, 0.2) is 0 Å². The topological polar surface area (TPSA) is 26.3 Å². The van der Waals surface area contributed by atoms with Gasteiger partial charge in [0.2, 0.25) is 0 Å². The molecule has 0 aromatic heterocycles. The fourth-order valence-corrected chi connectivity index (χ4v) is 3.36. The van der Waals surface area contributed by atoms with Crippen LogP contribution < -0.4 is 0 Å². The van der Waals surface area contributed by atoms with Gasteiger partial charge in [-0.3, -0.25) is 4.79 Å². The summed E-state index contributed by atoms with van der Waals surface area (Å²) in [4.78, 5) is 10.7. The van der Waals surface area contributed by atoms with Crippen LogP contribution in [0.15, 0.2) is 11.6 Å². The van der Waals surface area contributed by atoms with Crippen LogP contribution in [0.3, 0.4) is 0 Å². The second-order valence-electron chi connectivity index (χ2n) is 5.39. The van der Waals surface area contributed by atoms with E-state index in [1.54, 1.807) is 0 Å². The summed E-state index contributed by atoms with van der Waals surface area (Å²) in [5.41, 5.74) is 1.86. The van der Waals surface area contributed by atoms with Crippen molar-refractivity contribution in [2.45, 2.75) is 40.0 Å². The summed E-state index contributed by atoms with van der Waals surface area (Å²) in [7, 11) is 0. The lowest BCUT2D eigenvalue weighted by atomic mass is 9.73. The number of hydrogen-bond acceptors (Lipinski definition) is 2. The quantitative estimate of drug-likeness (QED) is 0.515. The molecule has 2 saturated carbocycles. The van der Waals surface area contributed by atoms with Gasteiger partial charge in [-0.05, 0) is 42.6 Å². The van der Waals surface area contributed by atoms with Crippen molar-refractivity contribution >= 4 is 5.97 Å². The molecule has 0 radical (unpaired) electrons. The van der Waals surface area contributed by atoms with Crippen molar-refractivity contribution in [2.24, 2.45) is 17.3 Å². The maximum atomic E-state index is 10.7. The molecule has 2 fully saturated rings. The summed E-state index contributed by atoms with van der Waals surface area (Å²) in [5, 5.41) is 0. The molecule has 2 nitrogen and oxygen atoms in total. The smallest absolute Gasteiger partial charge is 0.302 e. The van der Waals surface area contributed by atoms with Crippen LogP contribution in [0.1, 0.15) is 40.0 Å². The maximum absolute atomic E-state index is 10.7. The van der Waals surface area contributed by atoms with E-state index >= 15 is 0 Å². The number of allylic oxidation sites excluding steroid dienone is 1. The molecule has 0 spiro atoms. The zero-order chi connectivity index (χ0) is 11.1. The fourth-order valence-electron chi connectivity index (χ4n) is 3.36. The summed E-state index contributed by atoms with van der Waals surface area (Å²) in [6.07, 6.45) is 6.20. The molecule has 2 aliphatic rings.